The van der Waals surface area contributed by atoms with Crippen molar-refractivity contribution in [1.82, 2.24) is 9.97 Å². The van der Waals surface area contributed by atoms with E-state index < -0.39 is 0 Å². The Kier molecular flexibility index (Phi) is 5.72. The highest BCUT2D eigenvalue weighted by Crippen LogP contribution is 2.19. The van der Waals surface area contributed by atoms with Crippen LogP contribution in [0.5, 0.6) is 0 Å². The Morgan fingerprint density at radius 2 is 1.81 bits per heavy atom. The molecule has 0 saturated heterocycles. The summed E-state index contributed by atoms with van der Waals surface area (Å²) in [4.78, 5) is 21.2. The van der Waals surface area contributed by atoms with Gasteiger partial charge in [0.1, 0.15) is 17.3 Å². The third kappa shape index (κ3) is 4.83. The zero-order chi connectivity index (χ0) is 19.4. The molecule has 3 aromatic rings. The highest BCUT2D eigenvalue weighted by atomic mass is 35.5. The van der Waals surface area contributed by atoms with Gasteiger partial charge in [-0.05, 0) is 44.0 Å². The molecule has 2 N–H and O–H groups in total. The zero-order valence-electron chi connectivity index (χ0n) is 15.5. The second-order valence-corrected chi connectivity index (χ2v) is 6.81. The fraction of sp³-hybridized carbons (Fsp3) is 0.190. The first-order chi connectivity index (χ1) is 12.9. The van der Waals surface area contributed by atoms with Gasteiger partial charge in [0.05, 0.1) is 0 Å². The van der Waals surface area contributed by atoms with E-state index >= 15 is 0 Å². The molecule has 0 atom stereocenters. The number of hydrogen-bond donors (Lipinski definition) is 2. The summed E-state index contributed by atoms with van der Waals surface area (Å²) >= 11 is 6.18. The summed E-state index contributed by atoms with van der Waals surface area (Å²) in [6.07, 6.45) is 0. The maximum atomic E-state index is 12.6. The van der Waals surface area contributed by atoms with Crippen LogP contribution in [0.1, 0.15) is 33.0 Å². The van der Waals surface area contributed by atoms with Crippen LogP contribution in [0.25, 0.3) is 0 Å². The highest BCUT2D eigenvalue weighted by Gasteiger charge is 2.12. The van der Waals surface area contributed by atoms with E-state index in [1.807, 2.05) is 56.3 Å². The molecule has 0 unspecified atom stereocenters. The van der Waals surface area contributed by atoms with Crippen LogP contribution < -0.4 is 10.6 Å². The van der Waals surface area contributed by atoms with E-state index in [0.717, 1.165) is 22.4 Å². The van der Waals surface area contributed by atoms with Gasteiger partial charge in [-0.25, -0.2) is 9.97 Å². The number of amides is 1. The first-order valence-electron chi connectivity index (χ1n) is 8.64. The summed E-state index contributed by atoms with van der Waals surface area (Å²) in [6.45, 7) is 6.25. The van der Waals surface area contributed by atoms with Crippen molar-refractivity contribution in [2.24, 2.45) is 0 Å². The van der Waals surface area contributed by atoms with Crippen LogP contribution in [-0.4, -0.2) is 15.9 Å². The van der Waals surface area contributed by atoms with E-state index in [9.17, 15) is 4.79 Å². The number of carbonyl (C=O) groups excluding carboxylic acids is 1. The number of anilines is 2. The molecule has 138 valence electrons. The van der Waals surface area contributed by atoms with Crippen LogP contribution in [0, 0.1) is 20.8 Å². The Labute approximate surface area is 163 Å². The standard InChI is InChI=1S/C21H21ClN4O/c1-13-8-9-18(14(2)10-13)26-21(27)19-11-20(25-15(3)24-19)23-12-16-6-4-5-7-17(16)22/h4-11H,12H2,1-3H3,(H,26,27)(H,23,24,25). The largest absolute Gasteiger partial charge is 0.366 e. The number of carbonyl (C=O) groups is 1. The van der Waals surface area contributed by atoms with Crippen LogP contribution in [-0.2, 0) is 6.54 Å². The smallest absolute Gasteiger partial charge is 0.274 e. The first-order valence-corrected chi connectivity index (χ1v) is 9.02. The second-order valence-electron chi connectivity index (χ2n) is 6.40. The number of nitrogens with one attached hydrogen (secondary N) is 2. The van der Waals surface area contributed by atoms with Gasteiger partial charge < -0.3 is 10.6 Å². The topological polar surface area (TPSA) is 66.9 Å². The van der Waals surface area contributed by atoms with Gasteiger partial charge in [-0.15, -0.1) is 0 Å². The summed E-state index contributed by atoms with van der Waals surface area (Å²) < 4.78 is 0. The molecule has 0 spiro atoms. The number of rotatable bonds is 5. The molecule has 2 aromatic carbocycles. The van der Waals surface area contributed by atoms with Crippen molar-refractivity contribution < 1.29 is 4.79 Å². The van der Waals surface area contributed by atoms with Crippen molar-refractivity contribution in [3.05, 3.63) is 81.8 Å². The molecule has 1 heterocycles. The zero-order valence-corrected chi connectivity index (χ0v) is 16.3. The minimum Gasteiger partial charge on any atom is -0.366 e. The lowest BCUT2D eigenvalue weighted by molar-refractivity contribution is 0.102. The van der Waals surface area contributed by atoms with E-state index in [0.29, 0.717) is 28.9 Å². The van der Waals surface area contributed by atoms with Gasteiger partial charge >= 0.3 is 0 Å². The maximum absolute atomic E-state index is 12.6. The summed E-state index contributed by atoms with van der Waals surface area (Å²) in [7, 11) is 0. The molecule has 27 heavy (non-hydrogen) atoms. The summed E-state index contributed by atoms with van der Waals surface area (Å²) in [6, 6.07) is 15.1. The van der Waals surface area contributed by atoms with Gasteiger partial charge in [0.15, 0.2) is 0 Å². The number of aryl methyl sites for hydroxylation is 3. The molecule has 5 nitrogen and oxygen atoms in total. The molecule has 3 rings (SSSR count). The van der Waals surface area contributed by atoms with Gasteiger partial charge in [-0.3, -0.25) is 4.79 Å². The van der Waals surface area contributed by atoms with Crippen molar-refractivity contribution in [2.75, 3.05) is 10.6 Å². The van der Waals surface area contributed by atoms with E-state index in [-0.39, 0.29) is 5.91 Å². The third-order valence-electron chi connectivity index (χ3n) is 4.12. The normalized spacial score (nSPS) is 10.5. The molecule has 0 aliphatic rings. The molecule has 0 aliphatic heterocycles. The Bertz CT molecular complexity index is 988. The Balaban J connectivity index is 1.76. The molecular weight excluding hydrogens is 360 g/mol. The molecule has 1 amide bonds. The lowest BCUT2D eigenvalue weighted by Crippen LogP contribution is -2.16. The predicted octanol–water partition coefficient (Wildman–Crippen LogP) is 4.92. The summed E-state index contributed by atoms with van der Waals surface area (Å²) in [5, 5.41) is 6.80. The summed E-state index contributed by atoms with van der Waals surface area (Å²) in [5.74, 6) is 0.825. The molecule has 0 bridgehead atoms. The first kappa shape index (κ1) is 18.9. The Hall–Kier alpha value is -2.92. The van der Waals surface area contributed by atoms with Crippen LogP contribution in [0.15, 0.2) is 48.5 Å². The number of benzene rings is 2. The van der Waals surface area contributed by atoms with E-state index in [2.05, 4.69) is 20.6 Å². The molecule has 0 aliphatic carbocycles. The minimum absolute atomic E-state index is 0.270. The van der Waals surface area contributed by atoms with Gasteiger partial charge in [-0.2, -0.15) is 0 Å². The van der Waals surface area contributed by atoms with Crippen molar-refractivity contribution in [1.29, 1.82) is 0 Å². The monoisotopic (exact) mass is 380 g/mol. The van der Waals surface area contributed by atoms with Crippen LogP contribution in [0.4, 0.5) is 11.5 Å². The molecule has 6 heteroatoms. The van der Waals surface area contributed by atoms with Crippen molar-refractivity contribution in [3.8, 4) is 0 Å². The number of hydrogen-bond acceptors (Lipinski definition) is 4. The van der Waals surface area contributed by atoms with Crippen LogP contribution in [0.2, 0.25) is 5.02 Å². The van der Waals surface area contributed by atoms with Crippen molar-refractivity contribution >= 4 is 29.0 Å². The summed E-state index contributed by atoms with van der Waals surface area (Å²) in [5.41, 5.74) is 4.19. The van der Waals surface area contributed by atoms with Gasteiger partial charge in [0.2, 0.25) is 0 Å². The second kappa shape index (κ2) is 8.18. The maximum Gasteiger partial charge on any atom is 0.274 e. The van der Waals surface area contributed by atoms with E-state index in [4.69, 9.17) is 11.6 Å². The van der Waals surface area contributed by atoms with Gasteiger partial charge in [-0.1, -0.05) is 47.5 Å². The Morgan fingerprint density at radius 1 is 1.04 bits per heavy atom. The fourth-order valence-corrected chi connectivity index (χ4v) is 2.94. The number of aromatic nitrogens is 2. The average molecular weight is 381 g/mol. The minimum atomic E-state index is -0.270. The molecule has 0 saturated carbocycles. The fourth-order valence-electron chi connectivity index (χ4n) is 2.74. The van der Waals surface area contributed by atoms with Gasteiger partial charge in [0.25, 0.3) is 5.91 Å². The highest BCUT2D eigenvalue weighted by molar-refractivity contribution is 6.31. The Morgan fingerprint density at radius 3 is 2.56 bits per heavy atom. The molecule has 1 aromatic heterocycles. The molecule has 0 fully saturated rings. The van der Waals surface area contributed by atoms with E-state index in [1.165, 1.54) is 0 Å². The van der Waals surface area contributed by atoms with Crippen molar-refractivity contribution in [2.45, 2.75) is 27.3 Å². The van der Waals surface area contributed by atoms with E-state index in [1.54, 1.807) is 13.0 Å². The number of nitrogens with zero attached hydrogens (tertiary/aromatic N) is 2. The number of halogens is 1. The molecule has 0 radical (unpaired) electrons. The van der Waals surface area contributed by atoms with Crippen molar-refractivity contribution in [3.63, 3.8) is 0 Å². The molecular formula is C21H21ClN4O. The predicted molar refractivity (Wildman–Crippen MR) is 109 cm³/mol. The van der Waals surface area contributed by atoms with Crippen LogP contribution >= 0.6 is 11.6 Å². The average Bonchev–Trinajstić information content (AvgIpc) is 2.63. The third-order valence-corrected chi connectivity index (χ3v) is 4.49. The lowest BCUT2D eigenvalue weighted by atomic mass is 10.1. The SMILES string of the molecule is Cc1ccc(NC(=O)c2cc(NCc3ccccc3Cl)nc(C)n2)c(C)c1. The quantitative estimate of drug-likeness (QED) is 0.659. The van der Waals surface area contributed by atoms with Crippen LogP contribution in [0.3, 0.4) is 0 Å². The van der Waals surface area contributed by atoms with Gasteiger partial charge in [0, 0.05) is 23.3 Å². The lowest BCUT2D eigenvalue weighted by Gasteiger charge is -2.11.